The molecule has 1 aliphatic heterocycles. The number of benzene rings is 2. The lowest BCUT2D eigenvalue weighted by molar-refractivity contribution is -0.123. The Kier molecular flexibility index (Phi) is 8.00. The number of hydrogen-bond donors (Lipinski definition) is 3. The predicted octanol–water partition coefficient (Wildman–Crippen LogP) is 2.09. The van der Waals surface area contributed by atoms with Crippen molar-refractivity contribution in [3.05, 3.63) is 60.2 Å². The molecule has 1 aliphatic rings. The summed E-state index contributed by atoms with van der Waals surface area (Å²) in [6, 6.07) is 15.0. The highest BCUT2D eigenvalue weighted by Crippen LogP contribution is 2.16. The zero-order valence-electron chi connectivity index (χ0n) is 18.4. The van der Waals surface area contributed by atoms with E-state index in [-0.39, 0.29) is 22.8 Å². The van der Waals surface area contributed by atoms with Crippen molar-refractivity contribution in [3.63, 3.8) is 0 Å². The van der Waals surface area contributed by atoms with Crippen molar-refractivity contribution in [1.82, 2.24) is 14.9 Å². The van der Waals surface area contributed by atoms with E-state index in [0.29, 0.717) is 5.69 Å². The molecule has 1 saturated heterocycles. The maximum absolute atomic E-state index is 12.7. The summed E-state index contributed by atoms with van der Waals surface area (Å²) in [4.78, 5) is 26.1. The van der Waals surface area contributed by atoms with E-state index in [1.165, 1.54) is 43.7 Å². The van der Waals surface area contributed by atoms with Crippen LogP contribution in [0.25, 0.3) is 0 Å². The van der Waals surface area contributed by atoms with Gasteiger partial charge >= 0.3 is 0 Å². The summed E-state index contributed by atoms with van der Waals surface area (Å²) in [5.41, 5.74) is 1.73. The second-order valence-corrected chi connectivity index (χ2v) is 9.83. The average molecular weight is 459 g/mol. The molecule has 3 N–H and O–H groups in total. The van der Waals surface area contributed by atoms with Crippen LogP contribution < -0.4 is 15.4 Å². The Morgan fingerprint density at radius 2 is 1.78 bits per heavy atom. The van der Waals surface area contributed by atoms with Crippen LogP contribution in [-0.4, -0.2) is 50.3 Å². The van der Waals surface area contributed by atoms with Crippen LogP contribution in [0.2, 0.25) is 0 Å². The normalized spacial score (nSPS) is 18.0. The molecule has 0 bridgehead atoms. The van der Waals surface area contributed by atoms with Crippen LogP contribution in [0.4, 0.5) is 5.69 Å². The van der Waals surface area contributed by atoms with E-state index < -0.39 is 16.1 Å². The lowest BCUT2D eigenvalue weighted by atomic mass is 10.0. The van der Waals surface area contributed by atoms with Gasteiger partial charge in [0.2, 0.25) is 21.8 Å². The average Bonchev–Trinajstić information content (AvgIpc) is 2.74. The number of carbonyl (C=O) groups excluding carboxylic acids is 2. The van der Waals surface area contributed by atoms with Gasteiger partial charge in [0.25, 0.3) is 0 Å². The minimum Gasteiger partial charge on any atom is -0.351 e. The van der Waals surface area contributed by atoms with Crippen molar-refractivity contribution in [2.45, 2.75) is 50.2 Å². The number of anilines is 1. The summed E-state index contributed by atoms with van der Waals surface area (Å²) in [6.45, 7) is 5.43. The number of nitrogens with zero attached hydrogens (tertiary/aromatic N) is 1. The molecule has 0 radical (unpaired) electrons. The van der Waals surface area contributed by atoms with Crippen LogP contribution in [0.15, 0.2) is 59.5 Å². The van der Waals surface area contributed by atoms with Crippen molar-refractivity contribution in [2.75, 3.05) is 18.4 Å². The predicted molar refractivity (Wildman–Crippen MR) is 123 cm³/mol. The molecule has 1 unspecified atom stereocenters. The van der Waals surface area contributed by atoms with Crippen LogP contribution >= 0.6 is 0 Å². The second-order valence-electron chi connectivity index (χ2n) is 8.12. The number of carbonyl (C=O) groups is 2. The molecule has 9 heteroatoms. The second kappa shape index (κ2) is 10.7. The third-order valence-electron chi connectivity index (χ3n) is 5.31. The Morgan fingerprint density at radius 3 is 2.44 bits per heavy atom. The molecule has 2 aromatic rings. The van der Waals surface area contributed by atoms with Crippen LogP contribution in [0.3, 0.4) is 0 Å². The number of nitrogens with one attached hydrogen (secondary N) is 3. The molecular weight excluding hydrogens is 428 g/mol. The number of hydrogen-bond acceptors (Lipinski definition) is 5. The largest absolute Gasteiger partial charge is 0.351 e. The molecule has 0 saturated carbocycles. The molecular formula is C23H30N4O4S. The molecule has 0 spiro atoms. The Morgan fingerprint density at radius 1 is 1.09 bits per heavy atom. The Hall–Kier alpha value is -2.75. The monoisotopic (exact) mass is 458 g/mol. The van der Waals surface area contributed by atoms with E-state index in [1.807, 2.05) is 18.2 Å². The molecule has 0 aromatic heterocycles. The maximum atomic E-state index is 12.7. The summed E-state index contributed by atoms with van der Waals surface area (Å²) in [7, 11) is -3.88. The molecule has 1 fully saturated rings. The van der Waals surface area contributed by atoms with E-state index >= 15 is 0 Å². The van der Waals surface area contributed by atoms with E-state index in [2.05, 4.69) is 32.4 Å². The van der Waals surface area contributed by atoms with E-state index in [0.717, 1.165) is 32.5 Å². The van der Waals surface area contributed by atoms with Crippen LogP contribution in [0, 0.1) is 0 Å². The third-order valence-corrected chi connectivity index (χ3v) is 6.87. The zero-order valence-corrected chi connectivity index (χ0v) is 19.2. The highest BCUT2D eigenvalue weighted by Gasteiger charge is 2.26. The van der Waals surface area contributed by atoms with Gasteiger partial charge < -0.3 is 10.6 Å². The van der Waals surface area contributed by atoms with Gasteiger partial charge in [0.1, 0.15) is 0 Å². The van der Waals surface area contributed by atoms with Gasteiger partial charge in [-0.1, -0.05) is 30.3 Å². The number of rotatable bonds is 8. The fourth-order valence-electron chi connectivity index (χ4n) is 3.76. The number of amides is 2. The lowest BCUT2D eigenvalue weighted by Crippen LogP contribution is -2.52. The number of sulfonamides is 1. The highest BCUT2D eigenvalue weighted by atomic mass is 32.2. The standard InChI is InChI=1S/C23H30N4O4S/c1-17(26-32(30,31)22-12-10-20(11-13-22)24-18(2)28)23(29)25-21-9-6-14-27(16-21)15-19-7-4-3-5-8-19/h3-5,7-8,10-13,17,21,26H,6,9,14-16H2,1-2H3,(H,24,28)(H,25,29)/t17-,21?/m0/s1. The molecule has 2 aromatic carbocycles. The maximum Gasteiger partial charge on any atom is 0.241 e. The van der Waals surface area contributed by atoms with E-state index in [9.17, 15) is 18.0 Å². The molecule has 2 amide bonds. The van der Waals surface area contributed by atoms with Crippen molar-refractivity contribution in [3.8, 4) is 0 Å². The van der Waals surface area contributed by atoms with Gasteiger partial charge in [-0.2, -0.15) is 4.72 Å². The van der Waals surface area contributed by atoms with Gasteiger partial charge in [-0.15, -0.1) is 0 Å². The van der Waals surface area contributed by atoms with Gasteiger partial charge in [0, 0.05) is 31.7 Å². The minimum absolute atomic E-state index is 0.0242. The highest BCUT2D eigenvalue weighted by molar-refractivity contribution is 7.89. The van der Waals surface area contributed by atoms with Crippen molar-refractivity contribution < 1.29 is 18.0 Å². The van der Waals surface area contributed by atoms with Gasteiger partial charge in [-0.3, -0.25) is 14.5 Å². The molecule has 32 heavy (non-hydrogen) atoms. The first-order chi connectivity index (χ1) is 15.2. The lowest BCUT2D eigenvalue weighted by Gasteiger charge is -2.33. The molecule has 8 nitrogen and oxygen atoms in total. The number of piperidine rings is 1. The molecule has 3 rings (SSSR count). The first-order valence-electron chi connectivity index (χ1n) is 10.7. The molecule has 0 aliphatic carbocycles. The van der Waals surface area contributed by atoms with Gasteiger partial charge in [0.05, 0.1) is 10.9 Å². The van der Waals surface area contributed by atoms with Crippen molar-refractivity contribution >= 4 is 27.5 Å². The molecule has 172 valence electrons. The SMILES string of the molecule is CC(=O)Nc1ccc(S(=O)(=O)N[C@@H](C)C(=O)NC2CCCN(Cc3ccccc3)C2)cc1. The Balaban J connectivity index is 1.53. The minimum atomic E-state index is -3.88. The Bertz CT molecular complexity index is 1030. The van der Waals surface area contributed by atoms with Gasteiger partial charge in [-0.25, -0.2) is 8.42 Å². The summed E-state index contributed by atoms with van der Waals surface area (Å²) in [6.07, 6.45) is 1.83. The quantitative estimate of drug-likeness (QED) is 0.562. The van der Waals surface area contributed by atoms with E-state index in [1.54, 1.807) is 0 Å². The van der Waals surface area contributed by atoms with Gasteiger partial charge in [-0.05, 0) is 56.1 Å². The number of likely N-dealkylation sites (tertiary alicyclic amines) is 1. The topological polar surface area (TPSA) is 108 Å². The van der Waals surface area contributed by atoms with Crippen LogP contribution in [-0.2, 0) is 26.2 Å². The summed E-state index contributed by atoms with van der Waals surface area (Å²) in [5, 5.41) is 5.57. The van der Waals surface area contributed by atoms with E-state index in [4.69, 9.17) is 0 Å². The van der Waals surface area contributed by atoms with Crippen LogP contribution in [0.1, 0.15) is 32.3 Å². The van der Waals surface area contributed by atoms with Crippen molar-refractivity contribution in [1.29, 1.82) is 0 Å². The zero-order chi connectivity index (χ0) is 23.1. The van der Waals surface area contributed by atoms with Crippen LogP contribution in [0.5, 0.6) is 0 Å². The third kappa shape index (κ3) is 6.88. The Labute approximate surface area is 189 Å². The smallest absolute Gasteiger partial charge is 0.241 e. The first kappa shape index (κ1) is 23.9. The molecule has 1 heterocycles. The van der Waals surface area contributed by atoms with Crippen molar-refractivity contribution in [2.24, 2.45) is 0 Å². The summed E-state index contributed by atoms with van der Waals surface area (Å²) < 4.78 is 27.7. The molecule has 2 atom stereocenters. The first-order valence-corrected chi connectivity index (χ1v) is 12.2. The fourth-order valence-corrected chi connectivity index (χ4v) is 4.96. The van der Waals surface area contributed by atoms with Gasteiger partial charge in [0.15, 0.2) is 0 Å². The summed E-state index contributed by atoms with van der Waals surface area (Å²) >= 11 is 0. The summed E-state index contributed by atoms with van der Waals surface area (Å²) in [5.74, 6) is -0.593. The fraction of sp³-hybridized carbons (Fsp3) is 0.391.